The van der Waals surface area contributed by atoms with E-state index in [1.54, 1.807) is 6.20 Å². The molecule has 1 atom stereocenters. The summed E-state index contributed by atoms with van der Waals surface area (Å²) in [4.78, 5) is 4.21. The fourth-order valence-corrected chi connectivity index (χ4v) is 3.24. The third kappa shape index (κ3) is 3.20. The number of furan rings is 1. The summed E-state index contributed by atoms with van der Waals surface area (Å²) in [6, 6.07) is 10.3. The fourth-order valence-electron chi connectivity index (χ4n) is 2.37. The van der Waals surface area contributed by atoms with Gasteiger partial charge in [0, 0.05) is 22.3 Å². The normalized spacial score (nSPS) is 12.7. The van der Waals surface area contributed by atoms with E-state index in [0.29, 0.717) is 0 Å². The Balaban J connectivity index is 1.93. The van der Waals surface area contributed by atoms with Gasteiger partial charge in [0.15, 0.2) is 0 Å². The number of halogens is 2. The Morgan fingerprint density at radius 1 is 1.24 bits per heavy atom. The van der Waals surface area contributed by atoms with E-state index >= 15 is 0 Å². The van der Waals surface area contributed by atoms with Gasteiger partial charge in [-0.1, -0.05) is 12.1 Å². The molecule has 0 aliphatic heterocycles. The average molecular weight is 410 g/mol. The van der Waals surface area contributed by atoms with Crippen LogP contribution in [0.2, 0.25) is 0 Å². The molecule has 2 aromatic heterocycles. The predicted molar refractivity (Wildman–Crippen MR) is 91.4 cm³/mol. The molecular weight excluding hydrogens is 396 g/mol. The zero-order chi connectivity index (χ0) is 14.8. The van der Waals surface area contributed by atoms with Crippen LogP contribution in [0.5, 0.6) is 0 Å². The second-order valence-electron chi connectivity index (χ2n) is 4.86. The third-order valence-corrected chi connectivity index (χ3v) is 4.47. The third-order valence-electron chi connectivity index (χ3n) is 3.41. The summed E-state index contributed by atoms with van der Waals surface area (Å²) in [5.41, 5.74) is 2.04. The van der Waals surface area contributed by atoms with Gasteiger partial charge in [-0.25, -0.2) is 0 Å². The molecule has 0 saturated carbocycles. The highest BCUT2D eigenvalue weighted by Crippen LogP contribution is 2.30. The first kappa shape index (κ1) is 14.8. The first-order valence-electron chi connectivity index (χ1n) is 6.62. The lowest BCUT2D eigenvalue weighted by molar-refractivity contribution is 0.450. The summed E-state index contributed by atoms with van der Waals surface area (Å²) < 4.78 is 7.98. The van der Waals surface area contributed by atoms with Crippen LogP contribution in [0, 0.1) is 0 Å². The minimum Gasteiger partial charge on any atom is -0.458 e. The second kappa shape index (κ2) is 6.30. The Labute approximate surface area is 140 Å². The van der Waals surface area contributed by atoms with Crippen molar-refractivity contribution in [1.29, 1.82) is 0 Å². The molecule has 2 heterocycles. The molecule has 1 N–H and O–H groups in total. The quantitative estimate of drug-likeness (QED) is 0.668. The number of benzene rings is 1. The molecule has 0 aliphatic rings. The topological polar surface area (TPSA) is 38.1 Å². The van der Waals surface area contributed by atoms with Crippen molar-refractivity contribution in [3.05, 3.63) is 63.0 Å². The van der Waals surface area contributed by atoms with Crippen LogP contribution in [0.15, 0.2) is 56.1 Å². The van der Waals surface area contributed by atoms with Crippen molar-refractivity contribution in [2.45, 2.75) is 12.5 Å². The lowest BCUT2D eigenvalue weighted by Crippen LogP contribution is -2.18. The molecule has 5 heteroatoms. The number of pyridine rings is 1. The molecule has 1 unspecified atom stereocenters. The van der Waals surface area contributed by atoms with Crippen LogP contribution in [-0.4, -0.2) is 12.0 Å². The van der Waals surface area contributed by atoms with E-state index in [9.17, 15) is 0 Å². The Morgan fingerprint density at radius 3 is 2.81 bits per heavy atom. The van der Waals surface area contributed by atoms with Crippen LogP contribution in [-0.2, 0) is 6.42 Å². The van der Waals surface area contributed by atoms with E-state index in [4.69, 9.17) is 4.42 Å². The summed E-state index contributed by atoms with van der Waals surface area (Å²) in [5, 5.41) is 4.42. The van der Waals surface area contributed by atoms with Crippen molar-refractivity contribution >= 4 is 42.8 Å². The summed E-state index contributed by atoms with van der Waals surface area (Å²) in [6.07, 6.45) is 4.49. The molecule has 0 saturated heterocycles. The maximum absolute atomic E-state index is 6.01. The molecule has 3 rings (SSSR count). The summed E-state index contributed by atoms with van der Waals surface area (Å²) in [6.45, 7) is 0. The lowest BCUT2D eigenvalue weighted by Gasteiger charge is -2.13. The minimum absolute atomic E-state index is 0.111. The van der Waals surface area contributed by atoms with E-state index in [2.05, 4.69) is 60.4 Å². The van der Waals surface area contributed by atoms with Gasteiger partial charge in [0.1, 0.15) is 11.3 Å². The van der Waals surface area contributed by atoms with Gasteiger partial charge >= 0.3 is 0 Å². The summed E-state index contributed by atoms with van der Waals surface area (Å²) in [5.74, 6) is 0.930. The number of nitrogens with one attached hydrogen (secondary N) is 1. The van der Waals surface area contributed by atoms with E-state index in [0.717, 1.165) is 37.7 Å². The highest BCUT2D eigenvalue weighted by Gasteiger charge is 2.16. The van der Waals surface area contributed by atoms with Crippen molar-refractivity contribution in [3.63, 3.8) is 0 Å². The Morgan fingerprint density at radius 2 is 2.10 bits per heavy atom. The van der Waals surface area contributed by atoms with Crippen molar-refractivity contribution in [3.8, 4) is 0 Å². The molecule has 0 amide bonds. The maximum Gasteiger partial charge on any atom is 0.148 e. The highest BCUT2D eigenvalue weighted by atomic mass is 79.9. The predicted octanol–water partition coefficient (Wildman–Crippen LogP) is 4.86. The van der Waals surface area contributed by atoms with Crippen LogP contribution < -0.4 is 5.32 Å². The second-order valence-corrected chi connectivity index (χ2v) is 6.63. The molecular formula is C16H14Br2N2O. The highest BCUT2D eigenvalue weighted by molar-refractivity contribution is 9.11. The average Bonchev–Trinajstić information content (AvgIpc) is 2.90. The molecule has 108 valence electrons. The number of aromatic nitrogens is 1. The summed E-state index contributed by atoms with van der Waals surface area (Å²) >= 11 is 6.98. The van der Waals surface area contributed by atoms with Crippen molar-refractivity contribution in [2.75, 3.05) is 7.05 Å². The molecule has 1 aromatic carbocycles. The van der Waals surface area contributed by atoms with Gasteiger partial charge in [-0.3, -0.25) is 4.98 Å². The van der Waals surface area contributed by atoms with Gasteiger partial charge < -0.3 is 9.73 Å². The molecule has 0 bridgehead atoms. The molecule has 3 aromatic rings. The van der Waals surface area contributed by atoms with E-state index in [1.807, 2.05) is 25.4 Å². The van der Waals surface area contributed by atoms with Crippen LogP contribution >= 0.6 is 31.9 Å². The number of hydrogen-bond acceptors (Lipinski definition) is 3. The molecule has 0 radical (unpaired) electrons. The number of rotatable bonds is 4. The van der Waals surface area contributed by atoms with Crippen molar-refractivity contribution in [1.82, 2.24) is 10.3 Å². The minimum atomic E-state index is 0.111. The molecule has 0 spiro atoms. The molecule has 3 nitrogen and oxygen atoms in total. The number of hydrogen-bond donors (Lipinski definition) is 1. The Hall–Kier alpha value is -1.17. The monoisotopic (exact) mass is 408 g/mol. The SMILES string of the molecule is CNC(Cc1cncc(Br)c1)c1cc2cccc(Br)c2o1. The Bertz CT molecular complexity index is 770. The lowest BCUT2D eigenvalue weighted by atomic mass is 10.1. The Kier molecular flexibility index (Phi) is 4.42. The fraction of sp³-hybridized carbons (Fsp3) is 0.188. The van der Waals surface area contributed by atoms with Crippen molar-refractivity contribution in [2.24, 2.45) is 0 Å². The van der Waals surface area contributed by atoms with Crippen LogP contribution in [0.1, 0.15) is 17.4 Å². The van der Waals surface area contributed by atoms with Crippen LogP contribution in [0.4, 0.5) is 0 Å². The number of para-hydroxylation sites is 1. The van der Waals surface area contributed by atoms with Gasteiger partial charge in [0.05, 0.1) is 10.5 Å². The van der Waals surface area contributed by atoms with Gasteiger partial charge in [-0.15, -0.1) is 0 Å². The number of nitrogens with zero attached hydrogens (tertiary/aromatic N) is 1. The number of fused-ring (bicyclic) bond motifs is 1. The largest absolute Gasteiger partial charge is 0.458 e. The van der Waals surface area contributed by atoms with Gasteiger partial charge in [0.2, 0.25) is 0 Å². The van der Waals surface area contributed by atoms with E-state index in [-0.39, 0.29) is 6.04 Å². The van der Waals surface area contributed by atoms with Crippen LogP contribution in [0.25, 0.3) is 11.0 Å². The first-order valence-corrected chi connectivity index (χ1v) is 8.20. The maximum atomic E-state index is 6.01. The van der Waals surface area contributed by atoms with Gasteiger partial charge in [0.25, 0.3) is 0 Å². The van der Waals surface area contributed by atoms with Gasteiger partial charge in [-0.2, -0.15) is 0 Å². The zero-order valence-electron chi connectivity index (χ0n) is 11.4. The summed E-state index contributed by atoms with van der Waals surface area (Å²) in [7, 11) is 1.94. The van der Waals surface area contributed by atoms with Crippen LogP contribution in [0.3, 0.4) is 0 Å². The standard InChI is InChI=1S/C16H14Br2N2O/c1-19-14(6-10-5-12(17)9-20-8-10)15-7-11-3-2-4-13(18)16(11)21-15/h2-5,7-9,14,19H,6H2,1H3. The number of likely N-dealkylation sites (N-methyl/N-ethyl adjacent to an activating group) is 1. The van der Waals surface area contributed by atoms with Gasteiger partial charge in [-0.05, 0) is 69.1 Å². The first-order chi connectivity index (χ1) is 10.2. The van der Waals surface area contributed by atoms with E-state index < -0.39 is 0 Å². The smallest absolute Gasteiger partial charge is 0.148 e. The molecule has 0 fully saturated rings. The zero-order valence-corrected chi connectivity index (χ0v) is 14.6. The van der Waals surface area contributed by atoms with Crippen molar-refractivity contribution < 1.29 is 4.42 Å². The van der Waals surface area contributed by atoms with E-state index in [1.165, 1.54) is 0 Å². The molecule has 0 aliphatic carbocycles. The molecule has 21 heavy (non-hydrogen) atoms.